The first-order valence-corrected chi connectivity index (χ1v) is 12.0. The number of rotatable bonds is 9. The van der Waals surface area contributed by atoms with E-state index in [0.29, 0.717) is 23.8 Å². The highest BCUT2D eigenvalue weighted by Crippen LogP contribution is 2.24. The number of aromatic nitrogens is 1. The normalized spacial score (nSPS) is 11.3. The lowest BCUT2D eigenvalue weighted by atomic mass is 10.1. The van der Waals surface area contributed by atoms with Gasteiger partial charge in [0.2, 0.25) is 15.9 Å². The summed E-state index contributed by atoms with van der Waals surface area (Å²) in [4.78, 5) is 16.5. The highest BCUT2D eigenvalue weighted by atomic mass is 35.5. The zero-order valence-corrected chi connectivity index (χ0v) is 19.0. The zero-order valence-electron chi connectivity index (χ0n) is 17.4. The molecule has 2 aromatic carbocycles. The second-order valence-electron chi connectivity index (χ2n) is 7.22. The van der Waals surface area contributed by atoms with Gasteiger partial charge >= 0.3 is 0 Å². The number of hydrogen-bond donors (Lipinski definition) is 2. The van der Waals surface area contributed by atoms with Gasteiger partial charge in [0.05, 0.1) is 23.9 Å². The molecule has 0 atom stereocenters. The van der Waals surface area contributed by atoms with Crippen LogP contribution in [0.5, 0.6) is 0 Å². The van der Waals surface area contributed by atoms with Crippen LogP contribution in [0.2, 0.25) is 5.02 Å². The summed E-state index contributed by atoms with van der Waals surface area (Å²) in [5.41, 5.74) is 3.19. The van der Waals surface area contributed by atoms with Gasteiger partial charge in [-0.2, -0.15) is 0 Å². The monoisotopic (exact) mass is 460 g/mol. The summed E-state index contributed by atoms with van der Waals surface area (Å²) in [5.74, 6) is -0.0757. The number of hydrogen-bond acceptors (Lipinski definition) is 5. The van der Waals surface area contributed by atoms with Crippen LogP contribution in [-0.2, 0) is 21.2 Å². The largest absolute Gasteiger partial charge is 0.384 e. The summed E-state index contributed by atoms with van der Waals surface area (Å²) in [7, 11) is -1.81. The second-order valence-corrected chi connectivity index (χ2v) is 9.67. The Balaban J connectivity index is 1.43. The van der Waals surface area contributed by atoms with Crippen LogP contribution in [0, 0.1) is 0 Å². The molecule has 3 rings (SSSR count). The van der Waals surface area contributed by atoms with Gasteiger partial charge in [0.1, 0.15) is 0 Å². The molecule has 0 aliphatic rings. The Bertz CT molecular complexity index is 1170. The number of nitrogens with one attached hydrogen (secondary N) is 2. The number of pyridine rings is 1. The molecule has 9 heteroatoms. The molecular formula is C22H25ClN4O3S. The molecule has 0 spiro atoms. The minimum absolute atomic E-state index is 0.0757. The van der Waals surface area contributed by atoms with Crippen LogP contribution < -0.4 is 14.9 Å². The SMILES string of the molecule is CN(c1ccc(CC(=O)NCCCNc2ccnc3cc(Cl)ccc23)cc1)S(C)(=O)=O. The summed E-state index contributed by atoms with van der Waals surface area (Å²) in [5, 5.41) is 7.93. The summed E-state index contributed by atoms with van der Waals surface area (Å²) in [6, 6.07) is 14.4. The van der Waals surface area contributed by atoms with Crippen LogP contribution in [-0.4, -0.2) is 45.7 Å². The van der Waals surface area contributed by atoms with Gasteiger partial charge in [0.15, 0.2) is 0 Å². The molecule has 1 heterocycles. The van der Waals surface area contributed by atoms with Gasteiger partial charge in [0, 0.05) is 42.4 Å². The molecule has 3 aromatic rings. The molecule has 0 saturated carbocycles. The minimum atomic E-state index is -3.30. The maximum absolute atomic E-state index is 12.2. The van der Waals surface area contributed by atoms with Gasteiger partial charge in [0.25, 0.3) is 0 Å². The molecule has 164 valence electrons. The molecule has 1 amide bonds. The number of anilines is 2. The van der Waals surface area contributed by atoms with Crippen molar-refractivity contribution >= 4 is 49.8 Å². The Labute approximate surface area is 187 Å². The van der Waals surface area contributed by atoms with Crippen LogP contribution in [0.15, 0.2) is 54.7 Å². The molecule has 0 radical (unpaired) electrons. The molecular weight excluding hydrogens is 436 g/mol. The van der Waals surface area contributed by atoms with E-state index in [4.69, 9.17) is 11.6 Å². The molecule has 0 saturated heterocycles. The van der Waals surface area contributed by atoms with Crippen molar-refractivity contribution in [1.82, 2.24) is 10.3 Å². The first-order chi connectivity index (χ1) is 14.7. The Morgan fingerprint density at radius 2 is 1.84 bits per heavy atom. The summed E-state index contributed by atoms with van der Waals surface area (Å²) in [6.07, 6.45) is 3.89. The molecule has 0 bridgehead atoms. The third-order valence-corrected chi connectivity index (χ3v) is 6.30. The van der Waals surface area contributed by atoms with Gasteiger partial charge in [-0.05, 0) is 48.4 Å². The first-order valence-electron chi connectivity index (χ1n) is 9.82. The van der Waals surface area contributed by atoms with Crippen molar-refractivity contribution in [1.29, 1.82) is 0 Å². The summed E-state index contributed by atoms with van der Waals surface area (Å²) < 4.78 is 24.4. The van der Waals surface area contributed by atoms with Crippen molar-refractivity contribution in [2.24, 2.45) is 0 Å². The van der Waals surface area contributed by atoms with Gasteiger partial charge in [-0.25, -0.2) is 8.42 Å². The van der Waals surface area contributed by atoms with Crippen LogP contribution in [0.1, 0.15) is 12.0 Å². The third kappa shape index (κ3) is 6.32. The number of benzene rings is 2. The van der Waals surface area contributed by atoms with Crippen molar-refractivity contribution in [3.63, 3.8) is 0 Å². The fourth-order valence-corrected chi connectivity index (χ4v) is 3.75. The minimum Gasteiger partial charge on any atom is -0.384 e. The molecule has 31 heavy (non-hydrogen) atoms. The Morgan fingerprint density at radius 1 is 1.10 bits per heavy atom. The van der Waals surface area contributed by atoms with E-state index in [2.05, 4.69) is 15.6 Å². The van der Waals surface area contributed by atoms with Crippen molar-refractivity contribution < 1.29 is 13.2 Å². The maximum Gasteiger partial charge on any atom is 0.231 e. The molecule has 1 aromatic heterocycles. The van der Waals surface area contributed by atoms with Crippen LogP contribution in [0.4, 0.5) is 11.4 Å². The third-order valence-electron chi connectivity index (χ3n) is 4.86. The molecule has 7 nitrogen and oxygen atoms in total. The standard InChI is InChI=1S/C22H25ClN4O3S/c1-27(31(2,29)30)18-7-4-16(5-8-18)14-22(28)26-12-3-11-24-20-10-13-25-21-15-17(23)6-9-19(20)21/h4-10,13,15H,3,11-12,14H2,1-2H3,(H,24,25)(H,26,28). The molecule has 0 unspecified atom stereocenters. The Hall–Kier alpha value is -2.84. The van der Waals surface area contributed by atoms with Gasteiger partial charge < -0.3 is 10.6 Å². The van der Waals surface area contributed by atoms with E-state index in [1.54, 1.807) is 30.5 Å². The number of carbonyl (C=O) groups excluding carboxylic acids is 1. The van der Waals surface area contributed by atoms with E-state index < -0.39 is 10.0 Å². The Morgan fingerprint density at radius 3 is 2.55 bits per heavy atom. The van der Waals surface area contributed by atoms with Gasteiger partial charge in [-0.15, -0.1) is 0 Å². The number of halogens is 1. The number of sulfonamides is 1. The van der Waals surface area contributed by atoms with E-state index in [1.807, 2.05) is 24.3 Å². The number of carbonyl (C=O) groups is 1. The highest BCUT2D eigenvalue weighted by Gasteiger charge is 2.12. The summed E-state index contributed by atoms with van der Waals surface area (Å²) in [6.45, 7) is 1.25. The fourth-order valence-electron chi connectivity index (χ4n) is 3.08. The predicted molar refractivity (Wildman–Crippen MR) is 126 cm³/mol. The average molecular weight is 461 g/mol. The average Bonchev–Trinajstić information content (AvgIpc) is 2.72. The first kappa shape index (κ1) is 22.8. The van der Waals surface area contributed by atoms with Gasteiger partial charge in [-0.1, -0.05) is 23.7 Å². The van der Waals surface area contributed by atoms with Crippen molar-refractivity contribution in [2.75, 3.05) is 36.0 Å². The molecule has 0 aliphatic carbocycles. The second kappa shape index (κ2) is 9.98. The van der Waals surface area contributed by atoms with Crippen LogP contribution in [0.25, 0.3) is 10.9 Å². The molecule has 0 fully saturated rings. The van der Waals surface area contributed by atoms with Crippen molar-refractivity contribution in [3.8, 4) is 0 Å². The maximum atomic E-state index is 12.2. The van der Waals surface area contributed by atoms with Gasteiger partial charge in [-0.3, -0.25) is 14.1 Å². The zero-order chi connectivity index (χ0) is 22.4. The van der Waals surface area contributed by atoms with E-state index >= 15 is 0 Å². The molecule has 2 N–H and O–H groups in total. The quantitative estimate of drug-likeness (QED) is 0.477. The van der Waals surface area contributed by atoms with Crippen molar-refractivity contribution in [2.45, 2.75) is 12.8 Å². The smallest absolute Gasteiger partial charge is 0.231 e. The topological polar surface area (TPSA) is 91.4 Å². The lowest BCUT2D eigenvalue weighted by molar-refractivity contribution is -0.120. The van der Waals surface area contributed by atoms with Crippen molar-refractivity contribution in [3.05, 3.63) is 65.3 Å². The summed E-state index contributed by atoms with van der Waals surface area (Å²) >= 11 is 6.02. The van der Waals surface area contributed by atoms with E-state index in [1.165, 1.54) is 11.4 Å². The fraction of sp³-hybridized carbons (Fsp3) is 0.273. The Kier molecular flexibility index (Phi) is 7.35. The number of amides is 1. The van der Waals surface area contributed by atoms with Crippen LogP contribution >= 0.6 is 11.6 Å². The van der Waals surface area contributed by atoms with E-state index in [-0.39, 0.29) is 12.3 Å². The van der Waals surface area contributed by atoms with E-state index in [0.717, 1.165) is 34.8 Å². The predicted octanol–water partition coefficient (Wildman–Crippen LogP) is 3.44. The van der Waals surface area contributed by atoms with Crippen LogP contribution in [0.3, 0.4) is 0 Å². The lowest BCUT2D eigenvalue weighted by Gasteiger charge is -2.16. The number of nitrogens with zero attached hydrogens (tertiary/aromatic N) is 2. The lowest BCUT2D eigenvalue weighted by Crippen LogP contribution is -2.27. The number of fused-ring (bicyclic) bond motifs is 1. The van der Waals surface area contributed by atoms with E-state index in [9.17, 15) is 13.2 Å². The molecule has 0 aliphatic heterocycles. The highest BCUT2D eigenvalue weighted by molar-refractivity contribution is 7.92.